The molecule has 1 aliphatic carbocycles. The van der Waals surface area contributed by atoms with Crippen molar-refractivity contribution in [3.63, 3.8) is 0 Å². The van der Waals surface area contributed by atoms with Crippen molar-refractivity contribution in [2.24, 2.45) is 5.92 Å². The zero-order chi connectivity index (χ0) is 38.0. The maximum Gasteiger partial charge on any atom is 0.266 e. The van der Waals surface area contributed by atoms with Crippen LogP contribution in [0.15, 0.2) is 71.0 Å². The number of hydrogen-bond acceptors (Lipinski definition) is 12. The van der Waals surface area contributed by atoms with Gasteiger partial charge >= 0.3 is 0 Å². The molecule has 5 N–H and O–H groups in total. The molecule has 2 aliphatic heterocycles. The van der Waals surface area contributed by atoms with Crippen molar-refractivity contribution in [1.82, 2.24) is 25.3 Å². The van der Waals surface area contributed by atoms with Gasteiger partial charge in [-0.25, -0.2) is 23.1 Å². The van der Waals surface area contributed by atoms with Crippen LogP contribution in [-0.2, 0) is 24.4 Å². The predicted molar refractivity (Wildman–Crippen MR) is 206 cm³/mol. The molecule has 2 aromatic carbocycles. The van der Waals surface area contributed by atoms with Crippen LogP contribution in [-0.4, -0.2) is 73.5 Å². The first-order valence-corrected chi connectivity index (χ1v) is 20.4. The summed E-state index contributed by atoms with van der Waals surface area (Å²) in [6.07, 6.45) is 6.13. The number of allylic oxidation sites excluding steroid dienone is 1. The molecule has 0 spiro atoms. The van der Waals surface area contributed by atoms with Crippen LogP contribution in [0.4, 0.5) is 10.8 Å². The monoisotopic (exact) mass is 773 g/mol. The van der Waals surface area contributed by atoms with Crippen molar-refractivity contribution in [1.29, 1.82) is 0 Å². The second-order valence-corrected chi connectivity index (χ2v) is 16.6. The summed E-state index contributed by atoms with van der Waals surface area (Å²) in [5, 5.41) is 15.6. The molecule has 0 bridgehead atoms. The lowest BCUT2D eigenvalue weighted by Gasteiger charge is -2.21. The van der Waals surface area contributed by atoms with Crippen LogP contribution in [0.3, 0.4) is 0 Å². The Hall–Kier alpha value is -5.06. The van der Waals surface area contributed by atoms with E-state index in [0.29, 0.717) is 54.2 Å². The Bertz CT molecular complexity index is 2220. The fraction of sp³-hybridized carbons (Fsp3) is 0.395. The molecule has 16 heteroatoms. The summed E-state index contributed by atoms with van der Waals surface area (Å²) in [6, 6.07) is 12.8. The lowest BCUT2D eigenvalue weighted by Crippen LogP contribution is -2.55. The minimum absolute atomic E-state index is 0.0788. The molecule has 3 aliphatic rings. The fourth-order valence-corrected chi connectivity index (χ4v) is 8.84. The van der Waals surface area contributed by atoms with E-state index in [2.05, 4.69) is 26.0 Å². The maximum absolute atomic E-state index is 13.8. The fourth-order valence-electron chi connectivity index (χ4n) is 6.79. The maximum atomic E-state index is 13.8. The summed E-state index contributed by atoms with van der Waals surface area (Å²) in [6.45, 7) is 4.44. The molecular formula is C38H43N7O7S2. The van der Waals surface area contributed by atoms with E-state index in [-0.39, 0.29) is 35.4 Å². The molecule has 7 rings (SSSR count). The summed E-state index contributed by atoms with van der Waals surface area (Å²) in [4.78, 5) is 49.6. The lowest BCUT2D eigenvalue weighted by molar-refractivity contribution is -0.130. The molecule has 0 unspecified atom stereocenters. The highest BCUT2D eigenvalue weighted by Crippen LogP contribution is 2.46. The first kappa shape index (κ1) is 37.3. The average Bonchev–Trinajstić information content (AvgIpc) is 3.40. The molecule has 3 amide bonds. The van der Waals surface area contributed by atoms with Gasteiger partial charge in [0.1, 0.15) is 33.7 Å². The highest BCUT2D eigenvalue weighted by Gasteiger charge is 2.61. The summed E-state index contributed by atoms with van der Waals surface area (Å²) in [5.41, 5.74) is 0.595. The molecular weight excluding hydrogens is 731 g/mol. The summed E-state index contributed by atoms with van der Waals surface area (Å²) in [5.74, 6) is -0.783. The minimum Gasteiger partial charge on any atom is -0.497 e. The predicted octanol–water partition coefficient (Wildman–Crippen LogP) is 4.75. The van der Waals surface area contributed by atoms with Gasteiger partial charge in [-0.15, -0.1) is 11.3 Å². The smallest absolute Gasteiger partial charge is 0.266 e. The molecule has 0 radical (unpaired) electrons. The molecule has 1 saturated heterocycles. The Labute approximate surface area is 317 Å². The zero-order valence-corrected chi connectivity index (χ0v) is 31.8. The zero-order valence-electron chi connectivity index (χ0n) is 30.2. The molecule has 54 heavy (non-hydrogen) atoms. The van der Waals surface area contributed by atoms with Crippen molar-refractivity contribution >= 4 is 60.8 Å². The molecule has 14 nitrogen and oxygen atoms in total. The SMILES string of the molecule is COc1ccc2c(O[C@H]3CN[C@H](C(=O)N[C@]45C[C@@H]4/C=C\CCCCC(=O)Nc4ccccc4S(=O)(=O)NC5=O)C3)cc(-c3csc(NC(C)C)n3)nc2c1. The van der Waals surface area contributed by atoms with Gasteiger partial charge in [0.2, 0.25) is 11.8 Å². The van der Waals surface area contributed by atoms with Crippen molar-refractivity contribution in [2.75, 3.05) is 24.3 Å². The van der Waals surface area contributed by atoms with Crippen molar-refractivity contribution < 1.29 is 32.3 Å². The highest BCUT2D eigenvalue weighted by molar-refractivity contribution is 7.90. The van der Waals surface area contributed by atoms with Crippen molar-refractivity contribution in [3.05, 3.63) is 66.1 Å². The van der Waals surface area contributed by atoms with Gasteiger partial charge in [0.15, 0.2) is 5.13 Å². The van der Waals surface area contributed by atoms with Crippen molar-refractivity contribution in [3.8, 4) is 22.9 Å². The number of para-hydroxylation sites is 1. The number of rotatable bonds is 8. The first-order valence-electron chi connectivity index (χ1n) is 18.0. The van der Waals surface area contributed by atoms with Crippen LogP contribution >= 0.6 is 11.3 Å². The molecule has 2 fully saturated rings. The van der Waals surface area contributed by atoms with Crippen LogP contribution < -0.4 is 35.5 Å². The molecule has 4 atom stereocenters. The Morgan fingerprint density at radius 3 is 2.72 bits per heavy atom. The van der Waals surface area contributed by atoms with Gasteiger partial charge in [-0.2, -0.15) is 0 Å². The number of thiazole rings is 1. The van der Waals surface area contributed by atoms with Crippen LogP contribution in [0.2, 0.25) is 0 Å². The normalized spacial score (nSPS) is 24.6. The Balaban J connectivity index is 1.09. The Morgan fingerprint density at radius 1 is 1.07 bits per heavy atom. The number of methoxy groups -OCH3 is 1. The van der Waals surface area contributed by atoms with Gasteiger partial charge in [0, 0.05) is 54.2 Å². The van der Waals surface area contributed by atoms with Crippen molar-refractivity contribution in [2.45, 2.75) is 81.0 Å². The first-order chi connectivity index (χ1) is 25.9. The van der Waals surface area contributed by atoms with Gasteiger partial charge in [-0.05, 0) is 63.8 Å². The molecule has 1 saturated carbocycles. The molecule has 2 aromatic heterocycles. The highest BCUT2D eigenvalue weighted by atomic mass is 32.2. The van der Waals surface area contributed by atoms with E-state index in [1.54, 1.807) is 13.2 Å². The summed E-state index contributed by atoms with van der Waals surface area (Å²) < 4.78 is 41.3. The summed E-state index contributed by atoms with van der Waals surface area (Å²) in [7, 11) is -2.82. The third-order valence-corrected chi connectivity index (χ3v) is 11.9. The second-order valence-electron chi connectivity index (χ2n) is 14.1. The van der Waals surface area contributed by atoms with Gasteiger partial charge in [0.05, 0.1) is 30.0 Å². The van der Waals surface area contributed by atoms with E-state index in [9.17, 15) is 22.8 Å². The number of anilines is 2. The number of nitrogens with one attached hydrogen (secondary N) is 5. The number of benzene rings is 2. The lowest BCUT2D eigenvalue weighted by atomic mass is 10.1. The number of carbonyl (C=O) groups excluding carboxylic acids is 3. The number of amides is 3. The van der Waals surface area contributed by atoms with Crippen LogP contribution in [0.25, 0.3) is 22.3 Å². The largest absolute Gasteiger partial charge is 0.497 e. The third kappa shape index (κ3) is 8.05. The van der Waals surface area contributed by atoms with E-state index in [0.717, 1.165) is 16.9 Å². The van der Waals surface area contributed by atoms with Gasteiger partial charge < -0.3 is 30.7 Å². The molecule has 284 valence electrons. The number of pyridine rings is 1. The number of sulfonamides is 1. The van der Waals surface area contributed by atoms with Crippen LogP contribution in [0.1, 0.15) is 52.4 Å². The van der Waals surface area contributed by atoms with E-state index in [1.807, 2.05) is 55.6 Å². The van der Waals surface area contributed by atoms with E-state index >= 15 is 0 Å². The number of fused-ring (bicyclic) bond motifs is 3. The topological polar surface area (TPSA) is 190 Å². The molecule has 4 aromatic rings. The van der Waals surface area contributed by atoms with Crippen LogP contribution in [0, 0.1) is 5.92 Å². The average molecular weight is 774 g/mol. The number of ether oxygens (including phenoxy) is 2. The van der Waals surface area contributed by atoms with E-state index < -0.39 is 45.4 Å². The summed E-state index contributed by atoms with van der Waals surface area (Å²) >= 11 is 1.49. The minimum atomic E-state index is -4.41. The Kier molecular flexibility index (Phi) is 10.6. The number of aromatic nitrogens is 2. The molecule has 4 heterocycles. The quantitative estimate of drug-likeness (QED) is 0.156. The second kappa shape index (κ2) is 15.4. The Morgan fingerprint density at radius 2 is 1.91 bits per heavy atom. The number of carbonyl (C=O) groups is 3. The van der Waals surface area contributed by atoms with E-state index in [4.69, 9.17) is 19.4 Å². The van der Waals surface area contributed by atoms with Crippen LogP contribution in [0.5, 0.6) is 11.5 Å². The number of nitrogens with zero attached hydrogens (tertiary/aromatic N) is 2. The van der Waals surface area contributed by atoms with E-state index in [1.165, 1.54) is 29.5 Å². The standard InChI is InChI=1S/C38H43N7O7S2/c1-22(2)40-37-43-31(21-53-37)29-18-32(26-15-14-24(51-3)16-28(26)41-29)52-25-17-30(39-20-25)35(47)44-38-19-23(38)10-6-4-5-7-13-34(46)42-27-11-8-9-12-33(27)54(49,50)45-36(38)48/h6,8-12,14-16,18,21-23,25,30,39H,4-5,7,13,17,19-20H2,1-3H3,(H,40,43)(H,42,46)(H,44,47)(H,45,48)/b10-6-/t23-,25+,30-,38+/m0/s1. The van der Waals surface area contributed by atoms with Gasteiger partial charge in [0.25, 0.3) is 15.9 Å². The van der Waals surface area contributed by atoms with Gasteiger partial charge in [-0.1, -0.05) is 24.3 Å². The number of hydrogen-bond donors (Lipinski definition) is 5. The van der Waals surface area contributed by atoms with Gasteiger partial charge in [-0.3, -0.25) is 14.4 Å². The third-order valence-electron chi connectivity index (χ3n) is 9.70.